The highest BCUT2D eigenvalue weighted by atomic mass is 79.9. The van der Waals surface area contributed by atoms with Crippen LogP contribution in [-0.2, 0) is 6.54 Å². The summed E-state index contributed by atoms with van der Waals surface area (Å²) in [5.74, 6) is 0. The summed E-state index contributed by atoms with van der Waals surface area (Å²) in [4.78, 5) is 0. The quantitative estimate of drug-likeness (QED) is 0.839. The summed E-state index contributed by atoms with van der Waals surface area (Å²) in [6, 6.07) is 4.38. The molecule has 4 heteroatoms. The molecule has 0 aromatic heterocycles. The number of nitrogens with two attached hydrogens (primary N) is 1. The molecule has 0 fully saturated rings. The molecule has 0 spiro atoms. The molecule has 1 rings (SSSR count). The lowest BCUT2D eigenvalue weighted by molar-refractivity contribution is 0.151. The minimum Gasteiger partial charge on any atom is -0.326 e. The highest BCUT2D eigenvalue weighted by molar-refractivity contribution is 9.10. The van der Waals surface area contributed by atoms with Gasteiger partial charge in [-0.05, 0) is 17.7 Å². The molecular formula is C8H8BrF2N. The second kappa shape index (κ2) is 3.96. The Morgan fingerprint density at radius 2 is 2.08 bits per heavy atom. The maximum Gasteiger partial charge on any atom is 0.263 e. The minimum absolute atomic E-state index is 0.0126. The normalized spacial score (nSPS) is 10.8. The summed E-state index contributed by atoms with van der Waals surface area (Å²) in [7, 11) is 0. The molecule has 1 nitrogen and oxygen atoms in total. The van der Waals surface area contributed by atoms with Crippen LogP contribution in [0.5, 0.6) is 0 Å². The van der Waals surface area contributed by atoms with Gasteiger partial charge in [-0.1, -0.05) is 22.0 Å². The predicted octanol–water partition coefficient (Wildman–Crippen LogP) is 2.85. The van der Waals surface area contributed by atoms with Gasteiger partial charge in [0.05, 0.1) is 0 Å². The Morgan fingerprint density at radius 1 is 1.42 bits per heavy atom. The van der Waals surface area contributed by atoms with Crippen molar-refractivity contribution in [3.63, 3.8) is 0 Å². The predicted molar refractivity (Wildman–Crippen MR) is 47.0 cm³/mol. The molecule has 0 unspecified atom stereocenters. The summed E-state index contributed by atoms with van der Waals surface area (Å²) < 4.78 is 25.1. The molecule has 0 aliphatic heterocycles. The van der Waals surface area contributed by atoms with Crippen molar-refractivity contribution in [2.45, 2.75) is 13.0 Å². The van der Waals surface area contributed by atoms with Crippen molar-refractivity contribution in [3.8, 4) is 0 Å². The molecule has 0 amide bonds. The number of benzene rings is 1. The van der Waals surface area contributed by atoms with Crippen molar-refractivity contribution in [2.75, 3.05) is 0 Å². The van der Waals surface area contributed by atoms with E-state index in [2.05, 4.69) is 15.9 Å². The standard InChI is InChI=1S/C8H8BrF2N/c9-7-2-1-5(8(10)11)3-6(7)4-12/h1-3,8H,4,12H2. The van der Waals surface area contributed by atoms with Crippen molar-refractivity contribution in [1.82, 2.24) is 0 Å². The first kappa shape index (κ1) is 9.61. The number of hydrogen-bond acceptors (Lipinski definition) is 1. The van der Waals surface area contributed by atoms with Crippen LogP contribution in [-0.4, -0.2) is 0 Å². The van der Waals surface area contributed by atoms with Crippen LogP contribution < -0.4 is 5.73 Å². The molecule has 0 saturated carbocycles. The SMILES string of the molecule is NCc1cc(C(F)F)ccc1Br. The highest BCUT2D eigenvalue weighted by Gasteiger charge is 2.08. The molecule has 0 aliphatic carbocycles. The molecule has 0 bridgehead atoms. The summed E-state index contributed by atoms with van der Waals surface area (Å²) in [6.45, 7) is 0.265. The highest BCUT2D eigenvalue weighted by Crippen LogP contribution is 2.24. The third kappa shape index (κ3) is 2.01. The van der Waals surface area contributed by atoms with E-state index in [1.807, 2.05) is 0 Å². The maximum absolute atomic E-state index is 12.2. The van der Waals surface area contributed by atoms with Gasteiger partial charge in [-0.15, -0.1) is 0 Å². The van der Waals surface area contributed by atoms with Crippen LogP contribution in [0.25, 0.3) is 0 Å². The lowest BCUT2D eigenvalue weighted by Gasteiger charge is -2.04. The van der Waals surface area contributed by atoms with E-state index in [1.165, 1.54) is 12.1 Å². The molecule has 0 atom stereocenters. The van der Waals surface area contributed by atoms with Crippen LogP contribution in [0.4, 0.5) is 8.78 Å². The number of hydrogen-bond donors (Lipinski definition) is 1. The first-order valence-corrected chi connectivity index (χ1v) is 4.21. The molecule has 66 valence electrons. The first-order valence-electron chi connectivity index (χ1n) is 3.41. The zero-order valence-electron chi connectivity index (χ0n) is 6.23. The zero-order valence-corrected chi connectivity index (χ0v) is 7.81. The second-order valence-corrected chi connectivity index (χ2v) is 3.21. The van der Waals surface area contributed by atoms with E-state index in [-0.39, 0.29) is 12.1 Å². The molecule has 12 heavy (non-hydrogen) atoms. The third-order valence-electron chi connectivity index (χ3n) is 1.54. The molecule has 1 aromatic rings. The van der Waals surface area contributed by atoms with Gasteiger partial charge in [-0.25, -0.2) is 8.78 Å². The van der Waals surface area contributed by atoms with Gasteiger partial charge in [-0.3, -0.25) is 0 Å². The van der Waals surface area contributed by atoms with E-state index in [4.69, 9.17) is 5.73 Å². The molecule has 0 aliphatic rings. The topological polar surface area (TPSA) is 26.0 Å². The van der Waals surface area contributed by atoms with Crippen LogP contribution in [0.3, 0.4) is 0 Å². The molecule has 0 radical (unpaired) electrons. The van der Waals surface area contributed by atoms with Gasteiger partial charge in [0.2, 0.25) is 0 Å². The molecule has 1 aromatic carbocycles. The van der Waals surface area contributed by atoms with Crippen molar-refractivity contribution >= 4 is 15.9 Å². The van der Waals surface area contributed by atoms with E-state index < -0.39 is 6.43 Å². The van der Waals surface area contributed by atoms with Gasteiger partial charge in [0.1, 0.15) is 0 Å². The van der Waals surface area contributed by atoms with Crippen LogP contribution in [0.15, 0.2) is 22.7 Å². The Kier molecular flexibility index (Phi) is 3.17. The Labute approximate surface area is 77.7 Å². The van der Waals surface area contributed by atoms with Crippen LogP contribution in [0, 0.1) is 0 Å². The van der Waals surface area contributed by atoms with E-state index in [0.29, 0.717) is 5.56 Å². The monoisotopic (exact) mass is 235 g/mol. The van der Waals surface area contributed by atoms with Gasteiger partial charge < -0.3 is 5.73 Å². The summed E-state index contributed by atoms with van der Waals surface area (Å²) in [6.07, 6.45) is -2.43. The summed E-state index contributed by atoms with van der Waals surface area (Å²) in [5, 5.41) is 0. The van der Waals surface area contributed by atoms with Gasteiger partial charge in [0, 0.05) is 16.6 Å². The van der Waals surface area contributed by atoms with Crippen LogP contribution in [0.2, 0.25) is 0 Å². The van der Waals surface area contributed by atoms with E-state index in [0.717, 1.165) is 4.47 Å². The number of rotatable bonds is 2. The van der Waals surface area contributed by atoms with Crippen molar-refractivity contribution in [3.05, 3.63) is 33.8 Å². The van der Waals surface area contributed by atoms with Gasteiger partial charge in [-0.2, -0.15) is 0 Å². The van der Waals surface area contributed by atoms with Crippen molar-refractivity contribution in [2.24, 2.45) is 5.73 Å². The Balaban J connectivity index is 3.05. The van der Waals surface area contributed by atoms with Gasteiger partial charge in [0.25, 0.3) is 6.43 Å². The average molecular weight is 236 g/mol. The van der Waals surface area contributed by atoms with Gasteiger partial charge in [0.15, 0.2) is 0 Å². The molecule has 2 N–H and O–H groups in total. The Hall–Kier alpha value is -0.480. The van der Waals surface area contributed by atoms with Crippen molar-refractivity contribution < 1.29 is 8.78 Å². The molecule has 0 saturated heterocycles. The second-order valence-electron chi connectivity index (χ2n) is 2.36. The van der Waals surface area contributed by atoms with Crippen molar-refractivity contribution in [1.29, 1.82) is 0 Å². The smallest absolute Gasteiger partial charge is 0.263 e. The number of halogens is 3. The van der Waals surface area contributed by atoms with E-state index in [9.17, 15) is 8.78 Å². The third-order valence-corrected chi connectivity index (χ3v) is 2.32. The van der Waals surface area contributed by atoms with E-state index >= 15 is 0 Å². The maximum atomic E-state index is 12.2. The Bertz CT molecular complexity index is 276. The van der Waals surface area contributed by atoms with Crippen LogP contribution in [0.1, 0.15) is 17.6 Å². The summed E-state index contributed by atoms with van der Waals surface area (Å²) >= 11 is 3.21. The first-order chi connectivity index (χ1) is 5.65. The van der Waals surface area contributed by atoms with E-state index in [1.54, 1.807) is 6.07 Å². The zero-order chi connectivity index (χ0) is 9.14. The fourth-order valence-electron chi connectivity index (χ4n) is 0.887. The fourth-order valence-corrected chi connectivity index (χ4v) is 1.30. The molecular weight excluding hydrogens is 228 g/mol. The largest absolute Gasteiger partial charge is 0.326 e. The molecule has 0 heterocycles. The lowest BCUT2D eigenvalue weighted by atomic mass is 10.1. The minimum atomic E-state index is -2.43. The fraction of sp³-hybridized carbons (Fsp3) is 0.250. The number of alkyl halides is 2. The van der Waals surface area contributed by atoms with Gasteiger partial charge >= 0.3 is 0 Å². The lowest BCUT2D eigenvalue weighted by Crippen LogP contribution is -1.98. The Morgan fingerprint density at radius 3 is 2.58 bits per heavy atom. The van der Waals surface area contributed by atoms with Crippen LogP contribution >= 0.6 is 15.9 Å². The summed E-state index contributed by atoms with van der Waals surface area (Å²) in [5.41, 5.74) is 6.06. The average Bonchev–Trinajstić information content (AvgIpc) is 2.05.